The molecule has 1 N–H and O–H groups in total. The summed E-state index contributed by atoms with van der Waals surface area (Å²) in [5.41, 5.74) is 0.553. The van der Waals surface area contributed by atoms with E-state index in [-0.39, 0.29) is 34.4 Å². The number of carbonyl (C=O) groups is 3. The molecule has 224 valence electrons. The number of likely N-dealkylation sites (tertiary alicyclic amines) is 1. The number of hydrogen-bond acceptors (Lipinski definition) is 5. The van der Waals surface area contributed by atoms with Crippen LogP contribution in [0.15, 0.2) is 55.6 Å². The first-order valence-electron chi connectivity index (χ1n) is 14.6. The van der Waals surface area contributed by atoms with Crippen molar-refractivity contribution in [3.63, 3.8) is 0 Å². The van der Waals surface area contributed by atoms with E-state index in [0.717, 1.165) is 12.0 Å². The molecule has 1 spiro atoms. The van der Waals surface area contributed by atoms with E-state index in [1.165, 1.54) is 0 Å². The summed E-state index contributed by atoms with van der Waals surface area (Å²) in [5.74, 6) is -1.33. The minimum atomic E-state index is -0.693. The summed E-state index contributed by atoms with van der Waals surface area (Å²) in [5, 5.41) is 9.20. The van der Waals surface area contributed by atoms with Gasteiger partial charge in [0.25, 0.3) is 0 Å². The summed E-state index contributed by atoms with van der Waals surface area (Å²) < 4.78 is -0.693. The lowest BCUT2D eigenvalue weighted by Crippen LogP contribution is -2.59. The van der Waals surface area contributed by atoms with E-state index < -0.39 is 28.2 Å². The van der Waals surface area contributed by atoms with Gasteiger partial charge in [0, 0.05) is 48.4 Å². The van der Waals surface area contributed by atoms with Crippen molar-refractivity contribution in [1.82, 2.24) is 14.7 Å². The maximum atomic E-state index is 14.5. The number of carbonyl (C=O) groups excluding carboxylic acids is 3. The second kappa shape index (κ2) is 13.0. The van der Waals surface area contributed by atoms with Crippen LogP contribution >= 0.6 is 27.7 Å². The first kappa shape index (κ1) is 31.8. The zero-order valence-electron chi connectivity index (χ0n) is 24.5. The van der Waals surface area contributed by atoms with Crippen molar-refractivity contribution in [1.29, 1.82) is 0 Å². The summed E-state index contributed by atoms with van der Waals surface area (Å²) in [6, 6.07) is 9.20. The van der Waals surface area contributed by atoms with Crippen molar-refractivity contribution in [2.24, 2.45) is 11.8 Å². The molecule has 9 heteroatoms. The van der Waals surface area contributed by atoms with Crippen LogP contribution in [-0.4, -0.2) is 90.2 Å². The largest absolute Gasteiger partial charge is 0.396 e. The highest BCUT2D eigenvalue weighted by Gasteiger charge is 2.76. The first-order valence-corrected chi connectivity index (χ1v) is 16.4. The number of nitrogens with zero attached hydrogens (tertiary/aromatic N) is 3. The third kappa shape index (κ3) is 6.04. The number of hydrogen-bond donors (Lipinski definition) is 1. The van der Waals surface area contributed by atoms with Gasteiger partial charge < -0.3 is 19.8 Å². The summed E-state index contributed by atoms with van der Waals surface area (Å²) in [4.78, 5) is 48.7. The zero-order chi connectivity index (χ0) is 29.9. The fourth-order valence-corrected chi connectivity index (χ4v) is 10.5. The fourth-order valence-electron chi connectivity index (χ4n) is 6.88. The smallest absolute Gasteiger partial charge is 0.247 e. The Morgan fingerprint density at radius 1 is 1.12 bits per heavy atom. The third-order valence-corrected chi connectivity index (χ3v) is 11.9. The first-order chi connectivity index (χ1) is 19.5. The lowest BCUT2D eigenvalue weighted by Gasteiger charge is -2.42. The molecule has 0 saturated carbocycles. The number of amides is 3. The number of aliphatic hydroxyl groups is 1. The Morgan fingerprint density at radius 2 is 1.80 bits per heavy atom. The molecule has 3 aliphatic heterocycles. The van der Waals surface area contributed by atoms with Crippen LogP contribution < -0.4 is 0 Å². The van der Waals surface area contributed by atoms with Crippen LogP contribution in [0.4, 0.5) is 0 Å². The molecule has 2 bridgehead atoms. The Morgan fingerprint density at radius 3 is 2.41 bits per heavy atom. The molecule has 3 amide bonds. The van der Waals surface area contributed by atoms with Crippen molar-refractivity contribution >= 4 is 45.4 Å². The number of alkyl halides is 1. The summed E-state index contributed by atoms with van der Waals surface area (Å²) in [6.07, 6.45) is 6.22. The van der Waals surface area contributed by atoms with Crippen molar-refractivity contribution in [3.8, 4) is 0 Å². The minimum Gasteiger partial charge on any atom is -0.396 e. The lowest BCUT2D eigenvalue weighted by molar-refractivity contribution is -0.146. The van der Waals surface area contributed by atoms with Gasteiger partial charge in [-0.15, -0.1) is 24.9 Å². The van der Waals surface area contributed by atoms with Crippen molar-refractivity contribution in [3.05, 3.63) is 61.2 Å². The van der Waals surface area contributed by atoms with Gasteiger partial charge >= 0.3 is 0 Å². The highest BCUT2D eigenvalue weighted by atomic mass is 79.9. The number of unbranched alkanes of at least 4 members (excludes halogenated alkanes) is 2. The third-order valence-electron chi connectivity index (χ3n) is 8.63. The molecule has 3 saturated heterocycles. The van der Waals surface area contributed by atoms with Gasteiger partial charge in [-0.3, -0.25) is 14.4 Å². The second-order valence-electron chi connectivity index (χ2n) is 12.4. The summed E-state index contributed by atoms with van der Waals surface area (Å²) >= 11 is 5.55. The maximum absolute atomic E-state index is 14.5. The highest BCUT2D eigenvalue weighted by Crippen LogP contribution is 2.68. The molecule has 1 aromatic rings. The van der Waals surface area contributed by atoms with Crippen LogP contribution in [0.3, 0.4) is 0 Å². The minimum absolute atomic E-state index is 0.0138. The number of aliphatic hydroxyl groups excluding tert-OH is 1. The Balaban J connectivity index is 1.73. The molecule has 1 aromatic carbocycles. The Bertz CT molecular complexity index is 1140. The van der Waals surface area contributed by atoms with Gasteiger partial charge in [0.05, 0.1) is 16.6 Å². The maximum Gasteiger partial charge on any atom is 0.247 e. The van der Waals surface area contributed by atoms with E-state index in [9.17, 15) is 19.5 Å². The molecule has 0 aliphatic carbocycles. The molecule has 41 heavy (non-hydrogen) atoms. The topological polar surface area (TPSA) is 81.2 Å². The average molecular weight is 647 g/mol. The number of thioether (sulfide) groups is 1. The summed E-state index contributed by atoms with van der Waals surface area (Å²) in [7, 11) is 0. The van der Waals surface area contributed by atoms with E-state index in [1.807, 2.05) is 56.0 Å². The van der Waals surface area contributed by atoms with Gasteiger partial charge in [-0.25, -0.2) is 0 Å². The van der Waals surface area contributed by atoms with Crippen molar-refractivity contribution in [2.45, 2.75) is 79.4 Å². The zero-order valence-corrected chi connectivity index (χ0v) is 26.9. The van der Waals surface area contributed by atoms with Crippen molar-refractivity contribution < 1.29 is 19.5 Å². The van der Waals surface area contributed by atoms with E-state index in [0.29, 0.717) is 45.4 Å². The van der Waals surface area contributed by atoms with Crippen LogP contribution in [0.5, 0.6) is 0 Å². The van der Waals surface area contributed by atoms with Crippen molar-refractivity contribution in [2.75, 3.05) is 26.2 Å². The van der Waals surface area contributed by atoms with E-state index in [1.54, 1.807) is 33.7 Å². The number of benzene rings is 1. The monoisotopic (exact) mass is 645 g/mol. The van der Waals surface area contributed by atoms with Crippen LogP contribution in [-0.2, 0) is 20.9 Å². The van der Waals surface area contributed by atoms with Crippen LogP contribution in [0.25, 0.3) is 0 Å². The molecular weight excluding hydrogens is 602 g/mol. The number of halogens is 1. The van der Waals surface area contributed by atoms with Gasteiger partial charge in [-0.05, 0) is 52.0 Å². The van der Waals surface area contributed by atoms with Crippen LogP contribution in [0.2, 0.25) is 0 Å². The summed E-state index contributed by atoms with van der Waals surface area (Å²) in [6.45, 7) is 15.5. The Labute approximate surface area is 257 Å². The molecule has 6 atom stereocenters. The molecule has 3 heterocycles. The van der Waals surface area contributed by atoms with Gasteiger partial charge in [0.1, 0.15) is 6.04 Å². The average Bonchev–Trinajstić information content (AvgIpc) is 3.52. The predicted octanol–water partition coefficient (Wildman–Crippen LogP) is 4.64. The van der Waals surface area contributed by atoms with E-state index in [2.05, 4.69) is 29.1 Å². The van der Waals surface area contributed by atoms with Gasteiger partial charge in [0.2, 0.25) is 17.7 Å². The normalized spacial score (nSPS) is 28.5. The van der Waals surface area contributed by atoms with Crippen LogP contribution in [0.1, 0.15) is 52.0 Å². The molecular formula is C32H44BrN3O4S. The van der Waals surface area contributed by atoms with Gasteiger partial charge in [-0.2, -0.15) is 0 Å². The fraction of sp³-hybridized carbons (Fsp3) is 0.594. The standard InChI is InChI=1S/C32H44BrN3O4S/c1-6-16-34(21-22-14-10-8-11-15-22)28(38)24-25-29(39)35(18-12-9-13-19-37)27(32(25)20-23(33)26(24)41-32)30(40)36(17-7-2)31(3,4)5/h6-8,10-11,14-15,23-27,37H,1-2,9,12-13,16-21H2,3-5H3/t23?,24-,25-,26-,27?,32?/m0/s1. The predicted molar refractivity (Wildman–Crippen MR) is 169 cm³/mol. The molecule has 0 aromatic heterocycles. The van der Waals surface area contributed by atoms with E-state index in [4.69, 9.17) is 0 Å². The molecule has 4 rings (SSSR count). The SMILES string of the molecule is C=CCN(Cc1ccccc1)C(=O)[C@H]1[C@H]2C(=O)N(CCCCCO)C(C(=O)N(CC=C)C(C)(C)C)C23CC(Br)[C@@H]1S3. The molecule has 0 radical (unpaired) electrons. The van der Waals surface area contributed by atoms with Crippen LogP contribution in [0, 0.1) is 11.8 Å². The lowest BCUT2D eigenvalue weighted by atomic mass is 9.70. The van der Waals surface area contributed by atoms with E-state index >= 15 is 0 Å². The molecule has 7 nitrogen and oxygen atoms in total. The highest BCUT2D eigenvalue weighted by molar-refractivity contribution is 9.09. The number of rotatable bonds is 13. The van der Waals surface area contributed by atoms with Gasteiger partial charge in [0.15, 0.2) is 0 Å². The Hall–Kier alpha value is -2.10. The molecule has 3 unspecified atom stereocenters. The van der Waals surface area contributed by atoms with Gasteiger partial charge in [-0.1, -0.05) is 58.4 Å². The second-order valence-corrected chi connectivity index (χ2v) is 15.1. The molecule has 3 fully saturated rings. The molecule has 3 aliphatic rings. The quantitative estimate of drug-likeness (QED) is 0.192. The Kier molecular flexibility index (Phi) is 10.1. The number of fused-ring (bicyclic) bond motifs is 1.